The normalized spacial score (nSPS) is 27.7. The van der Waals surface area contributed by atoms with E-state index in [9.17, 15) is 4.79 Å². The van der Waals surface area contributed by atoms with Gasteiger partial charge in [-0.1, -0.05) is 19.1 Å². The zero-order valence-corrected chi connectivity index (χ0v) is 8.92. The molecular formula is C12H17NO. The van der Waals surface area contributed by atoms with E-state index in [0.29, 0.717) is 12.3 Å². The van der Waals surface area contributed by atoms with Crippen molar-refractivity contribution < 1.29 is 4.79 Å². The highest BCUT2D eigenvalue weighted by Crippen LogP contribution is 2.33. The van der Waals surface area contributed by atoms with Gasteiger partial charge in [-0.05, 0) is 30.8 Å². The fraction of sp³-hybridized carbons (Fsp3) is 0.583. The number of likely N-dealkylation sites (tertiary alicyclic amines) is 1. The molecule has 2 nitrogen and oxygen atoms in total. The van der Waals surface area contributed by atoms with Gasteiger partial charge in [-0.3, -0.25) is 4.79 Å². The zero-order chi connectivity index (χ0) is 10.1. The van der Waals surface area contributed by atoms with Crippen molar-refractivity contribution in [3.63, 3.8) is 0 Å². The van der Waals surface area contributed by atoms with Crippen LogP contribution in [0.1, 0.15) is 32.6 Å². The Kier molecular flexibility index (Phi) is 2.44. The standard InChI is InChI=1S/C12H17NO/c1-9-7-8-12(14)13(2)11-6-4-3-5-10(9)11/h5-6,9H,3-4,7-8H2,1-2H3/t9-/m0/s1. The molecule has 14 heavy (non-hydrogen) atoms. The van der Waals surface area contributed by atoms with Crippen molar-refractivity contribution in [2.45, 2.75) is 32.6 Å². The molecule has 2 heteroatoms. The molecule has 1 aliphatic carbocycles. The molecular weight excluding hydrogens is 174 g/mol. The second-order valence-corrected chi connectivity index (χ2v) is 4.22. The third-order valence-corrected chi connectivity index (χ3v) is 3.22. The molecule has 0 aromatic heterocycles. The van der Waals surface area contributed by atoms with Crippen molar-refractivity contribution in [2.24, 2.45) is 5.92 Å². The van der Waals surface area contributed by atoms with Crippen molar-refractivity contribution in [3.05, 3.63) is 23.4 Å². The Labute approximate surface area is 85.3 Å². The summed E-state index contributed by atoms with van der Waals surface area (Å²) in [6.07, 6.45) is 8.39. The van der Waals surface area contributed by atoms with E-state index in [-0.39, 0.29) is 5.91 Å². The Morgan fingerprint density at radius 1 is 1.36 bits per heavy atom. The Balaban J connectivity index is 2.37. The summed E-state index contributed by atoms with van der Waals surface area (Å²) < 4.78 is 0. The summed E-state index contributed by atoms with van der Waals surface area (Å²) in [6, 6.07) is 0. The van der Waals surface area contributed by atoms with E-state index >= 15 is 0 Å². The summed E-state index contributed by atoms with van der Waals surface area (Å²) in [5.74, 6) is 0.795. The van der Waals surface area contributed by atoms with Crippen LogP contribution < -0.4 is 0 Å². The number of amides is 1. The zero-order valence-electron chi connectivity index (χ0n) is 8.92. The maximum atomic E-state index is 11.7. The smallest absolute Gasteiger partial charge is 0.226 e. The summed E-state index contributed by atoms with van der Waals surface area (Å²) in [4.78, 5) is 13.5. The largest absolute Gasteiger partial charge is 0.316 e. The molecule has 1 fully saturated rings. The second kappa shape index (κ2) is 3.60. The van der Waals surface area contributed by atoms with Crippen LogP contribution in [0.25, 0.3) is 0 Å². The first-order chi connectivity index (χ1) is 6.70. The molecule has 2 aliphatic rings. The molecule has 1 saturated heterocycles. The second-order valence-electron chi connectivity index (χ2n) is 4.22. The number of rotatable bonds is 0. The molecule has 1 amide bonds. The monoisotopic (exact) mass is 191 g/mol. The number of hydrogen-bond donors (Lipinski definition) is 0. The molecule has 1 heterocycles. The van der Waals surface area contributed by atoms with Crippen LogP contribution in [0.3, 0.4) is 0 Å². The lowest BCUT2D eigenvalue weighted by Crippen LogP contribution is -2.25. The molecule has 76 valence electrons. The number of fused-ring (bicyclic) bond motifs is 1. The number of likely N-dealkylation sites (N-methyl/N-ethyl adjacent to an activating group) is 1. The molecule has 0 saturated carbocycles. The van der Waals surface area contributed by atoms with Gasteiger partial charge < -0.3 is 4.90 Å². The highest BCUT2D eigenvalue weighted by molar-refractivity contribution is 5.79. The Morgan fingerprint density at radius 3 is 2.86 bits per heavy atom. The number of nitrogens with zero attached hydrogens (tertiary/aromatic N) is 1. The highest BCUT2D eigenvalue weighted by atomic mass is 16.2. The van der Waals surface area contributed by atoms with Crippen LogP contribution >= 0.6 is 0 Å². The van der Waals surface area contributed by atoms with Crippen LogP contribution in [0.15, 0.2) is 23.4 Å². The van der Waals surface area contributed by atoms with Gasteiger partial charge in [-0.2, -0.15) is 0 Å². The van der Waals surface area contributed by atoms with E-state index in [4.69, 9.17) is 0 Å². The summed E-state index contributed by atoms with van der Waals surface area (Å²) in [7, 11) is 1.89. The number of carbonyl (C=O) groups is 1. The van der Waals surface area contributed by atoms with Crippen molar-refractivity contribution in [2.75, 3.05) is 7.05 Å². The lowest BCUT2D eigenvalue weighted by Gasteiger charge is -2.24. The molecule has 1 atom stereocenters. The minimum absolute atomic E-state index is 0.258. The van der Waals surface area contributed by atoms with Crippen LogP contribution in [-0.4, -0.2) is 17.9 Å². The van der Waals surface area contributed by atoms with E-state index in [1.807, 2.05) is 11.9 Å². The predicted octanol–water partition coefficient (Wildman–Crippen LogP) is 2.48. The minimum atomic E-state index is 0.258. The van der Waals surface area contributed by atoms with Gasteiger partial charge >= 0.3 is 0 Å². The first kappa shape index (κ1) is 9.50. The van der Waals surface area contributed by atoms with Gasteiger partial charge in [0.25, 0.3) is 0 Å². The van der Waals surface area contributed by atoms with Gasteiger partial charge in [0, 0.05) is 19.2 Å². The van der Waals surface area contributed by atoms with Gasteiger partial charge in [-0.25, -0.2) is 0 Å². The van der Waals surface area contributed by atoms with Crippen LogP contribution in [0.2, 0.25) is 0 Å². The van der Waals surface area contributed by atoms with Gasteiger partial charge in [0.2, 0.25) is 5.91 Å². The Morgan fingerprint density at radius 2 is 2.07 bits per heavy atom. The Bertz CT molecular complexity index is 314. The molecule has 0 unspecified atom stereocenters. The lowest BCUT2D eigenvalue weighted by molar-refractivity contribution is -0.127. The molecule has 0 radical (unpaired) electrons. The number of hydrogen-bond acceptors (Lipinski definition) is 1. The Hall–Kier alpha value is -1.05. The molecule has 0 N–H and O–H groups in total. The summed E-state index contributed by atoms with van der Waals surface area (Å²) in [5, 5.41) is 0. The van der Waals surface area contributed by atoms with E-state index in [1.54, 1.807) is 0 Å². The SMILES string of the molecule is C[C@H]1CCC(=O)N(C)C2=CCCC=C21. The first-order valence-corrected chi connectivity index (χ1v) is 5.37. The van der Waals surface area contributed by atoms with Crippen molar-refractivity contribution in [1.29, 1.82) is 0 Å². The molecule has 0 aromatic carbocycles. The van der Waals surface area contributed by atoms with Gasteiger partial charge in [0.05, 0.1) is 0 Å². The minimum Gasteiger partial charge on any atom is -0.316 e. The lowest BCUT2D eigenvalue weighted by atomic mass is 9.91. The van der Waals surface area contributed by atoms with Crippen LogP contribution in [0.5, 0.6) is 0 Å². The molecule has 0 spiro atoms. The average molecular weight is 191 g/mol. The number of allylic oxidation sites excluding steroid dienone is 3. The van der Waals surface area contributed by atoms with E-state index < -0.39 is 0 Å². The van der Waals surface area contributed by atoms with Crippen LogP contribution in [0, 0.1) is 5.92 Å². The maximum absolute atomic E-state index is 11.7. The summed E-state index contributed by atoms with van der Waals surface area (Å²) in [5.41, 5.74) is 2.54. The molecule has 0 bridgehead atoms. The van der Waals surface area contributed by atoms with Gasteiger partial charge in [-0.15, -0.1) is 0 Å². The fourth-order valence-corrected chi connectivity index (χ4v) is 2.26. The van der Waals surface area contributed by atoms with Crippen molar-refractivity contribution >= 4 is 5.91 Å². The third-order valence-electron chi connectivity index (χ3n) is 3.22. The quantitative estimate of drug-likeness (QED) is 0.576. The maximum Gasteiger partial charge on any atom is 0.226 e. The third kappa shape index (κ3) is 1.49. The summed E-state index contributed by atoms with van der Waals surface area (Å²) in [6.45, 7) is 2.22. The summed E-state index contributed by atoms with van der Waals surface area (Å²) >= 11 is 0. The van der Waals surface area contributed by atoms with Crippen LogP contribution in [0.4, 0.5) is 0 Å². The number of carbonyl (C=O) groups excluding carboxylic acids is 1. The van der Waals surface area contributed by atoms with E-state index in [1.165, 1.54) is 5.57 Å². The predicted molar refractivity (Wildman–Crippen MR) is 56.6 cm³/mol. The fourth-order valence-electron chi connectivity index (χ4n) is 2.26. The topological polar surface area (TPSA) is 20.3 Å². The van der Waals surface area contributed by atoms with E-state index in [2.05, 4.69) is 19.1 Å². The highest BCUT2D eigenvalue weighted by Gasteiger charge is 2.26. The molecule has 0 aromatic rings. The van der Waals surface area contributed by atoms with Gasteiger partial charge in [0.15, 0.2) is 0 Å². The average Bonchev–Trinajstić information content (AvgIpc) is 2.33. The van der Waals surface area contributed by atoms with Crippen molar-refractivity contribution in [3.8, 4) is 0 Å². The van der Waals surface area contributed by atoms with Gasteiger partial charge in [0.1, 0.15) is 0 Å². The first-order valence-electron chi connectivity index (χ1n) is 5.37. The van der Waals surface area contributed by atoms with E-state index in [0.717, 1.165) is 25.0 Å². The van der Waals surface area contributed by atoms with Crippen molar-refractivity contribution in [1.82, 2.24) is 4.90 Å². The van der Waals surface area contributed by atoms with Crippen LogP contribution in [-0.2, 0) is 4.79 Å². The molecule has 1 aliphatic heterocycles. The molecule has 2 rings (SSSR count).